The highest BCUT2D eigenvalue weighted by atomic mass is 32.1. The van der Waals surface area contributed by atoms with Crippen LogP contribution in [0, 0.1) is 0 Å². The predicted octanol–water partition coefficient (Wildman–Crippen LogP) is 1.21. The van der Waals surface area contributed by atoms with Gasteiger partial charge in [-0.05, 0) is 14.0 Å². The van der Waals surface area contributed by atoms with E-state index in [4.69, 9.17) is 4.74 Å². The lowest BCUT2D eigenvalue weighted by atomic mass is 10.6. The van der Waals surface area contributed by atoms with Crippen LogP contribution in [0.3, 0.4) is 0 Å². The van der Waals surface area contributed by atoms with Gasteiger partial charge in [0.15, 0.2) is 0 Å². The SMILES string of the molecule is C/C=C/COc1nnc(CNC)s1. The summed E-state index contributed by atoms with van der Waals surface area (Å²) in [6.45, 7) is 3.26. The second kappa shape index (κ2) is 5.66. The minimum absolute atomic E-state index is 0.560. The normalized spacial score (nSPS) is 10.9. The van der Waals surface area contributed by atoms with E-state index < -0.39 is 0 Å². The third-order valence-electron chi connectivity index (χ3n) is 1.32. The highest BCUT2D eigenvalue weighted by Gasteiger charge is 2.02. The molecule has 0 aliphatic carbocycles. The van der Waals surface area contributed by atoms with Crippen LogP contribution in [0.15, 0.2) is 12.2 Å². The molecule has 0 atom stereocenters. The smallest absolute Gasteiger partial charge is 0.294 e. The molecule has 1 aromatic rings. The predicted molar refractivity (Wildman–Crippen MR) is 53.0 cm³/mol. The number of nitrogens with one attached hydrogen (secondary N) is 1. The van der Waals surface area contributed by atoms with Crippen LogP contribution in [-0.4, -0.2) is 23.9 Å². The van der Waals surface area contributed by atoms with Gasteiger partial charge in [0.1, 0.15) is 11.6 Å². The van der Waals surface area contributed by atoms with Gasteiger partial charge < -0.3 is 10.1 Å². The maximum atomic E-state index is 5.30. The number of hydrogen-bond acceptors (Lipinski definition) is 5. The van der Waals surface area contributed by atoms with E-state index in [2.05, 4.69) is 15.5 Å². The zero-order valence-corrected chi connectivity index (χ0v) is 8.60. The standard InChI is InChI=1S/C8H13N3OS/c1-3-4-5-12-8-11-10-7(13-8)6-9-2/h3-4,9H,5-6H2,1-2H3/b4-3+. The van der Waals surface area contributed by atoms with Crippen LogP contribution in [0.4, 0.5) is 0 Å². The van der Waals surface area contributed by atoms with Gasteiger partial charge in [0.05, 0.1) is 0 Å². The first-order valence-electron chi connectivity index (χ1n) is 4.07. The Morgan fingerprint density at radius 1 is 1.54 bits per heavy atom. The van der Waals surface area contributed by atoms with Crippen molar-refractivity contribution in [2.24, 2.45) is 0 Å². The molecule has 1 heterocycles. The molecule has 0 radical (unpaired) electrons. The molecule has 1 aromatic heterocycles. The van der Waals surface area contributed by atoms with Crippen molar-refractivity contribution in [2.45, 2.75) is 13.5 Å². The second-order valence-corrected chi connectivity index (χ2v) is 3.40. The Hall–Kier alpha value is -0.940. The van der Waals surface area contributed by atoms with E-state index in [0.29, 0.717) is 11.8 Å². The number of hydrogen-bond donors (Lipinski definition) is 1. The molecule has 0 aliphatic heterocycles. The van der Waals surface area contributed by atoms with Gasteiger partial charge in [-0.2, -0.15) is 0 Å². The lowest BCUT2D eigenvalue weighted by Crippen LogP contribution is -2.04. The van der Waals surface area contributed by atoms with Crippen molar-refractivity contribution in [1.82, 2.24) is 15.5 Å². The molecule has 72 valence electrons. The fourth-order valence-corrected chi connectivity index (χ4v) is 1.44. The van der Waals surface area contributed by atoms with Gasteiger partial charge in [0, 0.05) is 6.54 Å². The highest BCUT2D eigenvalue weighted by molar-refractivity contribution is 7.13. The fraction of sp³-hybridized carbons (Fsp3) is 0.500. The average molecular weight is 199 g/mol. The minimum Gasteiger partial charge on any atom is -0.465 e. The third kappa shape index (κ3) is 3.52. The quantitative estimate of drug-likeness (QED) is 0.724. The molecule has 0 unspecified atom stereocenters. The molecule has 1 N–H and O–H groups in total. The van der Waals surface area contributed by atoms with E-state index in [0.717, 1.165) is 11.6 Å². The van der Waals surface area contributed by atoms with Gasteiger partial charge in [0.25, 0.3) is 5.19 Å². The second-order valence-electron chi connectivity index (χ2n) is 2.37. The van der Waals surface area contributed by atoms with Crippen molar-refractivity contribution in [3.63, 3.8) is 0 Å². The van der Waals surface area contributed by atoms with Crippen molar-refractivity contribution in [3.05, 3.63) is 17.2 Å². The Labute approximate surface area is 81.6 Å². The van der Waals surface area contributed by atoms with Crippen molar-refractivity contribution < 1.29 is 4.74 Å². The molecule has 13 heavy (non-hydrogen) atoms. The van der Waals surface area contributed by atoms with Crippen LogP contribution in [0.5, 0.6) is 5.19 Å². The number of ether oxygens (including phenoxy) is 1. The van der Waals surface area contributed by atoms with Crippen LogP contribution in [0.2, 0.25) is 0 Å². The van der Waals surface area contributed by atoms with E-state index in [9.17, 15) is 0 Å². The fourth-order valence-electron chi connectivity index (χ4n) is 0.735. The maximum absolute atomic E-state index is 5.30. The number of rotatable bonds is 5. The summed E-state index contributed by atoms with van der Waals surface area (Å²) in [5.74, 6) is 0. The zero-order valence-electron chi connectivity index (χ0n) is 7.78. The van der Waals surface area contributed by atoms with E-state index in [1.54, 1.807) is 0 Å². The molecule has 0 bridgehead atoms. The summed E-state index contributed by atoms with van der Waals surface area (Å²) in [5.41, 5.74) is 0. The van der Waals surface area contributed by atoms with Crippen molar-refractivity contribution in [1.29, 1.82) is 0 Å². The van der Waals surface area contributed by atoms with E-state index in [1.807, 2.05) is 26.1 Å². The van der Waals surface area contributed by atoms with Crippen LogP contribution in [0.1, 0.15) is 11.9 Å². The largest absolute Gasteiger partial charge is 0.465 e. The summed E-state index contributed by atoms with van der Waals surface area (Å²) in [6, 6.07) is 0. The Balaban J connectivity index is 2.39. The molecule has 1 rings (SSSR count). The topological polar surface area (TPSA) is 47.0 Å². The number of allylic oxidation sites excluding steroid dienone is 1. The molecule has 0 fully saturated rings. The summed E-state index contributed by atoms with van der Waals surface area (Å²) in [7, 11) is 1.88. The number of aromatic nitrogens is 2. The molecular weight excluding hydrogens is 186 g/mol. The van der Waals surface area contributed by atoms with Crippen LogP contribution < -0.4 is 10.1 Å². The van der Waals surface area contributed by atoms with Gasteiger partial charge >= 0.3 is 0 Å². The van der Waals surface area contributed by atoms with E-state index in [1.165, 1.54) is 11.3 Å². The van der Waals surface area contributed by atoms with Gasteiger partial charge in [-0.3, -0.25) is 0 Å². The maximum Gasteiger partial charge on any atom is 0.294 e. The zero-order chi connectivity index (χ0) is 9.52. The van der Waals surface area contributed by atoms with Gasteiger partial charge in [-0.1, -0.05) is 28.6 Å². The molecule has 0 saturated carbocycles. The molecule has 0 saturated heterocycles. The molecule has 0 spiro atoms. The van der Waals surface area contributed by atoms with Gasteiger partial charge in [0.2, 0.25) is 0 Å². The Morgan fingerprint density at radius 3 is 3.08 bits per heavy atom. The molecule has 0 aromatic carbocycles. The summed E-state index contributed by atoms with van der Waals surface area (Å²) in [4.78, 5) is 0. The lowest BCUT2D eigenvalue weighted by Gasteiger charge is -1.93. The van der Waals surface area contributed by atoms with Gasteiger partial charge in [-0.25, -0.2) is 0 Å². The monoisotopic (exact) mass is 199 g/mol. The van der Waals surface area contributed by atoms with E-state index in [-0.39, 0.29) is 0 Å². The minimum atomic E-state index is 0.560. The molecule has 4 nitrogen and oxygen atoms in total. The summed E-state index contributed by atoms with van der Waals surface area (Å²) >= 11 is 1.47. The first-order valence-corrected chi connectivity index (χ1v) is 4.89. The molecule has 0 amide bonds. The molecule has 0 aliphatic rings. The van der Waals surface area contributed by atoms with Gasteiger partial charge in [-0.15, -0.1) is 5.10 Å². The van der Waals surface area contributed by atoms with Crippen molar-refractivity contribution in [2.75, 3.05) is 13.7 Å². The summed E-state index contributed by atoms with van der Waals surface area (Å²) in [6.07, 6.45) is 3.87. The Bertz CT molecular complexity index is 272. The lowest BCUT2D eigenvalue weighted by molar-refractivity contribution is 0.357. The Morgan fingerprint density at radius 2 is 2.38 bits per heavy atom. The first kappa shape index (κ1) is 10.1. The van der Waals surface area contributed by atoms with Crippen LogP contribution in [-0.2, 0) is 6.54 Å². The third-order valence-corrected chi connectivity index (χ3v) is 2.15. The van der Waals surface area contributed by atoms with E-state index >= 15 is 0 Å². The van der Waals surface area contributed by atoms with Crippen molar-refractivity contribution >= 4 is 11.3 Å². The molecular formula is C8H13N3OS. The highest BCUT2D eigenvalue weighted by Crippen LogP contribution is 2.17. The average Bonchev–Trinajstić information content (AvgIpc) is 2.54. The van der Waals surface area contributed by atoms with Crippen LogP contribution in [0.25, 0.3) is 0 Å². The first-order chi connectivity index (χ1) is 6.36. The van der Waals surface area contributed by atoms with Crippen molar-refractivity contribution in [3.8, 4) is 5.19 Å². The summed E-state index contributed by atoms with van der Waals surface area (Å²) < 4.78 is 5.30. The number of nitrogens with zero attached hydrogens (tertiary/aromatic N) is 2. The molecule has 5 heteroatoms. The summed E-state index contributed by atoms with van der Waals surface area (Å²) in [5, 5.41) is 12.4. The Kier molecular flexibility index (Phi) is 4.42. The van der Waals surface area contributed by atoms with Crippen LogP contribution >= 0.6 is 11.3 Å².